The number of carbonyl (C=O) groups is 1. The number of alkyl halides is 3. The first-order valence-electron chi connectivity index (χ1n) is 7.43. The quantitative estimate of drug-likeness (QED) is 0.584. The molecule has 2 rings (SSSR count). The summed E-state index contributed by atoms with van der Waals surface area (Å²) in [7, 11) is 0. The molecule has 0 aliphatic carbocycles. The fourth-order valence-electron chi connectivity index (χ4n) is 2.55. The van der Waals surface area contributed by atoms with Gasteiger partial charge in [0.15, 0.2) is 10.9 Å². The van der Waals surface area contributed by atoms with Crippen LogP contribution in [0.5, 0.6) is 0 Å². The van der Waals surface area contributed by atoms with E-state index in [9.17, 15) is 18.0 Å². The molecule has 0 aliphatic heterocycles. The minimum atomic E-state index is -4.32. The molecule has 0 spiro atoms. The SMILES string of the molecule is CCn1c(C)nnc1SCC(=O)c1cc(C)n(CC(F)(F)F)c1C. The van der Waals surface area contributed by atoms with E-state index in [1.807, 2.05) is 18.4 Å². The van der Waals surface area contributed by atoms with Crippen molar-refractivity contribution < 1.29 is 18.0 Å². The zero-order valence-corrected chi connectivity index (χ0v) is 14.8. The highest BCUT2D eigenvalue weighted by Gasteiger charge is 2.30. The molecule has 0 atom stereocenters. The third-order valence-electron chi connectivity index (χ3n) is 3.76. The maximum absolute atomic E-state index is 12.6. The van der Waals surface area contributed by atoms with Crippen LogP contribution in [0.25, 0.3) is 0 Å². The largest absolute Gasteiger partial charge is 0.406 e. The second-order valence-corrected chi connectivity index (χ2v) is 6.41. The maximum Gasteiger partial charge on any atom is 0.406 e. The molecule has 0 bridgehead atoms. The number of nitrogens with zero attached hydrogens (tertiary/aromatic N) is 4. The fourth-order valence-corrected chi connectivity index (χ4v) is 3.48. The summed E-state index contributed by atoms with van der Waals surface area (Å²) >= 11 is 1.24. The van der Waals surface area contributed by atoms with Crippen molar-refractivity contribution in [3.63, 3.8) is 0 Å². The molecule has 2 heterocycles. The van der Waals surface area contributed by atoms with Crippen molar-refractivity contribution in [3.05, 3.63) is 28.8 Å². The van der Waals surface area contributed by atoms with Crippen LogP contribution >= 0.6 is 11.8 Å². The van der Waals surface area contributed by atoms with Crippen molar-refractivity contribution in [2.45, 2.75) is 52.1 Å². The van der Waals surface area contributed by atoms with Gasteiger partial charge in [-0.2, -0.15) is 13.2 Å². The average molecular weight is 360 g/mol. The minimum Gasteiger partial charge on any atom is -0.339 e. The van der Waals surface area contributed by atoms with Crippen molar-refractivity contribution >= 4 is 17.5 Å². The Hall–Kier alpha value is -1.77. The summed E-state index contributed by atoms with van der Waals surface area (Å²) in [6, 6.07) is 1.51. The van der Waals surface area contributed by atoms with Gasteiger partial charge in [-0.15, -0.1) is 10.2 Å². The van der Waals surface area contributed by atoms with Gasteiger partial charge in [0.05, 0.1) is 5.75 Å². The van der Waals surface area contributed by atoms with Gasteiger partial charge in [0.2, 0.25) is 0 Å². The highest BCUT2D eigenvalue weighted by molar-refractivity contribution is 7.99. The third-order valence-corrected chi connectivity index (χ3v) is 4.73. The Bertz CT molecular complexity index is 749. The molecule has 5 nitrogen and oxygen atoms in total. The van der Waals surface area contributed by atoms with Crippen LogP contribution in [0.1, 0.15) is 34.5 Å². The van der Waals surface area contributed by atoms with Crippen LogP contribution in [0.2, 0.25) is 0 Å². The molecule has 132 valence electrons. The molecule has 0 saturated heterocycles. The Morgan fingerprint density at radius 3 is 2.46 bits per heavy atom. The van der Waals surface area contributed by atoms with Gasteiger partial charge < -0.3 is 9.13 Å². The van der Waals surface area contributed by atoms with Crippen molar-refractivity contribution in [1.29, 1.82) is 0 Å². The molecular weight excluding hydrogens is 341 g/mol. The smallest absolute Gasteiger partial charge is 0.339 e. The molecule has 0 aromatic carbocycles. The number of hydrogen-bond donors (Lipinski definition) is 0. The Kier molecular flexibility index (Phi) is 5.42. The lowest BCUT2D eigenvalue weighted by molar-refractivity contribution is -0.141. The van der Waals surface area contributed by atoms with E-state index < -0.39 is 12.7 Å². The predicted octanol–water partition coefficient (Wildman–Crippen LogP) is 3.56. The monoisotopic (exact) mass is 360 g/mol. The number of aryl methyl sites for hydroxylation is 2. The summed E-state index contributed by atoms with van der Waals surface area (Å²) in [5, 5.41) is 8.61. The molecule has 0 N–H and O–H groups in total. The van der Waals surface area contributed by atoms with Crippen LogP contribution in [0, 0.1) is 20.8 Å². The highest BCUT2D eigenvalue weighted by Crippen LogP contribution is 2.25. The number of thioether (sulfide) groups is 1. The van der Waals surface area contributed by atoms with Crippen molar-refractivity contribution in [2.75, 3.05) is 5.75 Å². The Labute approximate surface area is 142 Å². The number of ketones is 1. The molecule has 0 saturated carbocycles. The Balaban J connectivity index is 2.14. The number of rotatable bonds is 6. The lowest BCUT2D eigenvalue weighted by atomic mass is 10.2. The molecule has 0 unspecified atom stereocenters. The first-order chi connectivity index (χ1) is 11.1. The number of aromatic nitrogens is 4. The molecule has 0 fully saturated rings. The maximum atomic E-state index is 12.6. The predicted molar refractivity (Wildman–Crippen MR) is 85.4 cm³/mol. The number of Topliss-reactive ketones (excluding diaryl/α,β-unsaturated/α-hetero) is 1. The van der Waals surface area contributed by atoms with Gasteiger partial charge >= 0.3 is 6.18 Å². The summed E-state index contributed by atoms with van der Waals surface area (Å²) in [5.41, 5.74) is 1.08. The molecule has 2 aromatic heterocycles. The summed E-state index contributed by atoms with van der Waals surface area (Å²) in [5.74, 6) is 0.648. The fraction of sp³-hybridized carbons (Fsp3) is 0.533. The van der Waals surface area contributed by atoms with Gasteiger partial charge in [0.1, 0.15) is 12.4 Å². The second kappa shape index (κ2) is 7.00. The van der Waals surface area contributed by atoms with Gasteiger partial charge in [-0.3, -0.25) is 4.79 Å². The van der Waals surface area contributed by atoms with Crippen molar-refractivity contribution in [1.82, 2.24) is 19.3 Å². The Morgan fingerprint density at radius 2 is 1.88 bits per heavy atom. The molecular formula is C15H19F3N4OS. The first kappa shape index (κ1) is 18.6. The summed E-state index contributed by atoms with van der Waals surface area (Å²) in [4.78, 5) is 12.4. The van der Waals surface area contributed by atoms with E-state index in [4.69, 9.17) is 0 Å². The lowest BCUT2D eigenvalue weighted by Gasteiger charge is -2.12. The van der Waals surface area contributed by atoms with E-state index in [0.717, 1.165) is 10.4 Å². The standard InChI is InChI=1S/C15H19F3N4OS/c1-5-21-11(4)19-20-14(21)24-7-13(23)12-6-9(2)22(10(12)3)8-15(16,17)18/h6H,5,7-8H2,1-4H3. The van der Waals surface area contributed by atoms with Crippen LogP contribution in [0.4, 0.5) is 13.2 Å². The zero-order valence-electron chi connectivity index (χ0n) is 13.9. The molecule has 24 heavy (non-hydrogen) atoms. The van der Waals surface area contributed by atoms with Gasteiger partial charge in [0, 0.05) is 23.5 Å². The molecule has 9 heteroatoms. The van der Waals surface area contributed by atoms with Gasteiger partial charge in [0.25, 0.3) is 0 Å². The lowest BCUT2D eigenvalue weighted by Crippen LogP contribution is -2.19. The minimum absolute atomic E-state index is 0.106. The summed E-state index contributed by atoms with van der Waals surface area (Å²) in [6.07, 6.45) is -4.32. The van der Waals surface area contributed by atoms with Crippen LogP contribution in [-0.4, -0.2) is 37.0 Å². The van der Waals surface area contributed by atoms with E-state index in [1.54, 1.807) is 6.92 Å². The number of halogens is 3. The Morgan fingerprint density at radius 1 is 1.21 bits per heavy atom. The normalized spacial score (nSPS) is 12.0. The van der Waals surface area contributed by atoms with Crippen LogP contribution in [0.15, 0.2) is 11.2 Å². The summed E-state index contributed by atoms with van der Waals surface area (Å²) < 4.78 is 40.9. The molecule has 0 radical (unpaired) electrons. The second-order valence-electron chi connectivity index (χ2n) is 5.47. The van der Waals surface area contributed by atoms with Gasteiger partial charge in [-0.25, -0.2) is 0 Å². The first-order valence-corrected chi connectivity index (χ1v) is 8.42. The van der Waals surface area contributed by atoms with Crippen LogP contribution in [0.3, 0.4) is 0 Å². The molecule has 0 amide bonds. The molecule has 0 aliphatic rings. The topological polar surface area (TPSA) is 52.7 Å². The average Bonchev–Trinajstić information content (AvgIpc) is 2.97. The molecule has 2 aromatic rings. The van der Waals surface area contributed by atoms with E-state index in [-0.39, 0.29) is 11.5 Å². The van der Waals surface area contributed by atoms with Gasteiger partial charge in [-0.1, -0.05) is 11.8 Å². The van der Waals surface area contributed by atoms with E-state index in [2.05, 4.69) is 10.2 Å². The van der Waals surface area contributed by atoms with Crippen molar-refractivity contribution in [3.8, 4) is 0 Å². The summed E-state index contributed by atoms with van der Waals surface area (Å²) in [6.45, 7) is 6.49. The van der Waals surface area contributed by atoms with Crippen LogP contribution in [-0.2, 0) is 13.1 Å². The van der Waals surface area contributed by atoms with Gasteiger partial charge in [-0.05, 0) is 33.8 Å². The highest BCUT2D eigenvalue weighted by atomic mass is 32.2. The zero-order chi connectivity index (χ0) is 18.1. The third kappa shape index (κ3) is 4.00. The van der Waals surface area contributed by atoms with E-state index >= 15 is 0 Å². The number of hydrogen-bond acceptors (Lipinski definition) is 4. The van der Waals surface area contributed by atoms with Crippen LogP contribution < -0.4 is 0 Å². The van der Waals surface area contributed by atoms with E-state index in [1.165, 1.54) is 24.8 Å². The number of carbonyl (C=O) groups excluding carboxylic acids is 1. The van der Waals surface area contributed by atoms with Crippen molar-refractivity contribution in [2.24, 2.45) is 0 Å². The van der Waals surface area contributed by atoms with E-state index in [0.29, 0.717) is 28.7 Å².